The topological polar surface area (TPSA) is 67.4 Å². The van der Waals surface area contributed by atoms with Gasteiger partial charge in [-0.05, 0) is 43.9 Å². The number of nitrogens with zero attached hydrogens (tertiary/aromatic N) is 2. The summed E-state index contributed by atoms with van der Waals surface area (Å²) in [5.74, 6) is 1.75. The second-order valence-electron chi connectivity index (χ2n) is 7.51. The average Bonchev–Trinajstić information content (AvgIpc) is 3.28. The SMILES string of the molecule is CCNC(=NCC(c1ccc(OC)cc1)N1CCOCC1)NCCC1CCCO1.I. The average molecular weight is 532 g/mol. The number of methoxy groups -OCH3 is 1. The number of guanidine groups is 1. The van der Waals surface area contributed by atoms with E-state index in [2.05, 4.69) is 34.6 Å². The van der Waals surface area contributed by atoms with Crippen LogP contribution in [0.5, 0.6) is 5.75 Å². The molecule has 0 saturated carbocycles. The van der Waals surface area contributed by atoms with Gasteiger partial charge in [-0.2, -0.15) is 0 Å². The van der Waals surface area contributed by atoms with E-state index < -0.39 is 0 Å². The molecule has 0 amide bonds. The van der Waals surface area contributed by atoms with Crippen molar-refractivity contribution in [2.24, 2.45) is 4.99 Å². The van der Waals surface area contributed by atoms with Crippen molar-refractivity contribution in [1.82, 2.24) is 15.5 Å². The Morgan fingerprint density at radius 1 is 1.20 bits per heavy atom. The van der Waals surface area contributed by atoms with Crippen LogP contribution >= 0.6 is 24.0 Å². The summed E-state index contributed by atoms with van der Waals surface area (Å²) in [6.45, 7) is 8.82. The van der Waals surface area contributed by atoms with Crippen molar-refractivity contribution in [2.75, 3.05) is 59.7 Å². The molecule has 0 radical (unpaired) electrons. The lowest BCUT2D eigenvalue weighted by Gasteiger charge is -2.34. The van der Waals surface area contributed by atoms with Crippen LogP contribution in [0.25, 0.3) is 0 Å². The molecule has 2 fully saturated rings. The lowest BCUT2D eigenvalue weighted by Crippen LogP contribution is -2.42. The van der Waals surface area contributed by atoms with Gasteiger partial charge in [0.15, 0.2) is 5.96 Å². The zero-order valence-corrected chi connectivity index (χ0v) is 20.6. The van der Waals surface area contributed by atoms with Gasteiger partial charge in [0.25, 0.3) is 0 Å². The van der Waals surface area contributed by atoms with Gasteiger partial charge in [0.2, 0.25) is 0 Å². The summed E-state index contributed by atoms with van der Waals surface area (Å²) in [6, 6.07) is 8.56. The highest BCUT2D eigenvalue weighted by Crippen LogP contribution is 2.24. The maximum atomic E-state index is 5.72. The molecule has 1 aromatic carbocycles. The second-order valence-corrected chi connectivity index (χ2v) is 7.51. The molecule has 0 bridgehead atoms. The molecule has 1 aromatic rings. The Hall–Kier alpha value is -1.10. The molecule has 2 heterocycles. The summed E-state index contributed by atoms with van der Waals surface area (Å²) >= 11 is 0. The number of hydrogen-bond donors (Lipinski definition) is 2. The lowest BCUT2D eigenvalue weighted by molar-refractivity contribution is 0.0179. The molecule has 30 heavy (non-hydrogen) atoms. The van der Waals surface area contributed by atoms with Crippen LogP contribution in [0.15, 0.2) is 29.3 Å². The third-order valence-corrected chi connectivity index (χ3v) is 5.54. The fourth-order valence-corrected chi connectivity index (χ4v) is 3.89. The van der Waals surface area contributed by atoms with E-state index in [1.54, 1.807) is 7.11 Å². The van der Waals surface area contributed by atoms with E-state index in [0.29, 0.717) is 12.6 Å². The molecule has 2 atom stereocenters. The standard InChI is InChI=1S/C22H36N4O3.HI/c1-3-23-22(24-11-10-20-5-4-14-29-20)25-17-21(26-12-15-28-16-13-26)18-6-8-19(27-2)9-7-18;/h6-9,20-21H,3-5,10-17H2,1-2H3,(H2,23,24,25);1H. The predicted molar refractivity (Wildman–Crippen MR) is 131 cm³/mol. The third-order valence-electron chi connectivity index (χ3n) is 5.54. The fourth-order valence-electron chi connectivity index (χ4n) is 3.89. The van der Waals surface area contributed by atoms with Gasteiger partial charge < -0.3 is 24.8 Å². The Morgan fingerprint density at radius 2 is 1.97 bits per heavy atom. The van der Waals surface area contributed by atoms with Crippen molar-refractivity contribution < 1.29 is 14.2 Å². The van der Waals surface area contributed by atoms with Crippen molar-refractivity contribution in [3.05, 3.63) is 29.8 Å². The van der Waals surface area contributed by atoms with E-state index in [4.69, 9.17) is 19.2 Å². The molecule has 2 aliphatic heterocycles. The van der Waals surface area contributed by atoms with E-state index in [9.17, 15) is 0 Å². The normalized spacial score (nSPS) is 21.0. The van der Waals surface area contributed by atoms with Crippen LogP contribution < -0.4 is 15.4 Å². The maximum Gasteiger partial charge on any atom is 0.191 e. The highest BCUT2D eigenvalue weighted by Gasteiger charge is 2.23. The summed E-state index contributed by atoms with van der Waals surface area (Å²) in [5, 5.41) is 6.84. The smallest absolute Gasteiger partial charge is 0.191 e. The number of nitrogens with one attached hydrogen (secondary N) is 2. The van der Waals surface area contributed by atoms with Crippen molar-refractivity contribution in [1.29, 1.82) is 0 Å². The van der Waals surface area contributed by atoms with Gasteiger partial charge in [0.1, 0.15) is 5.75 Å². The largest absolute Gasteiger partial charge is 0.497 e. The van der Waals surface area contributed by atoms with Crippen LogP contribution in [0, 0.1) is 0 Å². The van der Waals surface area contributed by atoms with Gasteiger partial charge in [-0.1, -0.05) is 12.1 Å². The zero-order chi connectivity index (χ0) is 20.3. The number of hydrogen-bond acceptors (Lipinski definition) is 5. The molecule has 2 saturated heterocycles. The zero-order valence-electron chi connectivity index (χ0n) is 18.3. The highest BCUT2D eigenvalue weighted by molar-refractivity contribution is 14.0. The van der Waals surface area contributed by atoms with Gasteiger partial charge in [0.05, 0.1) is 39.0 Å². The maximum absolute atomic E-state index is 5.72. The quantitative estimate of drug-likeness (QED) is 0.290. The molecule has 8 heteroatoms. The molecule has 7 nitrogen and oxygen atoms in total. The first-order valence-electron chi connectivity index (χ1n) is 10.9. The van der Waals surface area contributed by atoms with Crippen molar-refractivity contribution >= 4 is 29.9 Å². The van der Waals surface area contributed by atoms with E-state index in [-0.39, 0.29) is 30.0 Å². The molecule has 0 aromatic heterocycles. The van der Waals surface area contributed by atoms with Crippen molar-refractivity contribution in [3.63, 3.8) is 0 Å². The minimum Gasteiger partial charge on any atom is -0.497 e. The summed E-state index contributed by atoms with van der Waals surface area (Å²) in [6.07, 6.45) is 3.77. The van der Waals surface area contributed by atoms with Gasteiger partial charge in [-0.25, -0.2) is 0 Å². The minimum atomic E-state index is 0. The number of morpholine rings is 1. The highest BCUT2D eigenvalue weighted by atomic mass is 127. The lowest BCUT2D eigenvalue weighted by atomic mass is 10.0. The third kappa shape index (κ3) is 7.86. The number of benzene rings is 1. The number of rotatable bonds is 9. The summed E-state index contributed by atoms with van der Waals surface area (Å²) < 4.78 is 16.6. The molecule has 0 spiro atoms. The Balaban J connectivity index is 0.00000320. The van der Waals surface area contributed by atoms with Crippen molar-refractivity contribution in [2.45, 2.75) is 38.3 Å². The molecular weight excluding hydrogens is 495 g/mol. The summed E-state index contributed by atoms with van der Waals surface area (Å²) in [4.78, 5) is 7.38. The van der Waals surface area contributed by atoms with Crippen LogP contribution in [-0.4, -0.2) is 76.6 Å². The Labute approximate surface area is 197 Å². The van der Waals surface area contributed by atoms with Gasteiger partial charge in [-0.15, -0.1) is 24.0 Å². The number of aliphatic imine (C=N–C) groups is 1. The molecule has 0 aliphatic carbocycles. The van der Waals surface area contributed by atoms with E-state index in [1.165, 1.54) is 18.4 Å². The van der Waals surface area contributed by atoms with Crippen LogP contribution in [0.1, 0.15) is 37.8 Å². The molecule has 2 unspecified atom stereocenters. The van der Waals surface area contributed by atoms with Crippen LogP contribution in [-0.2, 0) is 9.47 Å². The molecular formula is C22H37IN4O3. The van der Waals surface area contributed by atoms with Gasteiger partial charge in [-0.3, -0.25) is 9.89 Å². The first-order valence-corrected chi connectivity index (χ1v) is 10.9. The monoisotopic (exact) mass is 532 g/mol. The summed E-state index contributed by atoms with van der Waals surface area (Å²) in [5.41, 5.74) is 1.26. The first kappa shape index (κ1) is 25.2. The van der Waals surface area contributed by atoms with E-state index >= 15 is 0 Å². The molecule has 3 rings (SSSR count). The van der Waals surface area contributed by atoms with Crippen molar-refractivity contribution in [3.8, 4) is 5.75 Å². The minimum absolute atomic E-state index is 0. The summed E-state index contributed by atoms with van der Waals surface area (Å²) in [7, 11) is 1.70. The Bertz CT molecular complexity index is 617. The van der Waals surface area contributed by atoms with E-state index in [1.807, 2.05) is 12.1 Å². The van der Waals surface area contributed by atoms with Crippen LogP contribution in [0.4, 0.5) is 0 Å². The van der Waals surface area contributed by atoms with Crippen LogP contribution in [0.2, 0.25) is 0 Å². The fraction of sp³-hybridized carbons (Fsp3) is 0.682. The predicted octanol–water partition coefficient (Wildman–Crippen LogP) is 2.81. The first-order chi connectivity index (χ1) is 14.3. The van der Waals surface area contributed by atoms with E-state index in [0.717, 1.165) is 64.1 Å². The molecule has 2 aliphatic rings. The number of halogens is 1. The van der Waals surface area contributed by atoms with Crippen LogP contribution in [0.3, 0.4) is 0 Å². The number of ether oxygens (including phenoxy) is 3. The second kappa shape index (κ2) is 14.1. The Morgan fingerprint density at radius 3 is 2.60 bits per heavy atom. The molecule has 2 N–H and O–H groups in total. The van der Waals surface area contributed by atoms with Gasteiger partial charge in [0, 0.05) is 32.8 Å². The molecule has 170 valence electrons. The van der Waals surface area contributed by atoms with Gasteiger partial charge >= 0.3 is 0 Å². The Kier molecular flexibility index (Phi) is 11.8.